The highest BCUT2D eigenvalue weighted by atomic mass is 32.2. The Morgan fingerprint density at radius 3 is 1.74 bits per heavy atom. The summed E-state index contributed by atoms with van der Waals surface area (Å²) in [6, 6.07) is 0. The third-order valence-corrected chi connectivity index (χ3v) is 9.25. The van der Waals surface area contributed by atoms with E-state index in [1.165, 1.54) is 0 Å². The van der Waals surface area contributed by atoms with Crippen LogP contribution in [0, 0.1) is 0 Å². The van der Waals surface area contributed by atoms with E-state index in [0.29, 0.717) is 12.8 Å². The summed E-state index contributed by atoms with van der Waals surface area (Å²) in [6.07, 6.45) is 34.6. The van der Waals surface area contributed by atoms with Crippen LogP contribution in [0.4, 0.5) is 0 Å². The maximum atomic E-state index is 12.7. The number of unbranched alkanes of at least 4 members (excludes halogenated alkanes) is 6. The summed E-state index contributed by atoms with van der Waals surface area (Å²) >= 11 is 0. The summed E-state index contributed by atoms with van der Waals surface area (Å²) in [5.41, 5.74) is 0. The van der Waals surface area contributed by atoms with Crippen LogP contribution in [-0.2, 0) is 38.7 Å². The fraction of sp³-hybridized carbons (Fsp3) is 0.591. The van der Waals surface area contributed by atoms with E-state index < -0.39 is 71.2 Å². The van der Waals surface area contributed by atoms with Gasteiger partial charge in [-0.3, -0.25) is 14.1 Å². The first-order valence-corrected chi connectivity index (χ1v) is 22.0. The molecule has 57 heavy (non-hydrogen) atoms. The van der Waals surface area contributed by atoms with Crippen LogP contribution in [0.25, 0.3) is 0 Å². The second kappa shape index (κ2) is 33.5. The van der Waals surface area contributed by atoms with Crippen LogP contribution in [0.15, 0.2) is 97.2 Å². The monoisotopic (exact) mass is 820 g/mol. The molecule has 1 saturated heterocycles. The minimum Gasteiger partial charge on any atom is -0.462 e. The number of hydrogen-bond acceptors (Lipinski definition) is 11. The van der Waals surface area contributed by atoms with Crippen LogP contribution in [0.3, 0.4) is 0 Å². The van der Waals surface area contributed by atoms with E-state index in [0.717, 1.165) is 70.6 Å². The molecule has 1 fully saturated rings. The molecule has 0 aromatic carbocycles. The average molecular weight is 821 g/mol. The van der Waals surface area contributed by atoms with Crippen LogP contribution >= 0.6 is 0 Å². The number of rotatable bonds is 31. The van der Waals surface area contributed by atoms with Crippen LogP contribution in [0.5, 0.6) is 0 Å². The molecule has 3 unspecified atom stereocenters. The summed E-state index contributed by atoms with van der Waals surface area (Å²) in [7, 11) is -4.61. The number of aliphatic hydroxyl groups excluding tert-OH is 3. The summed E-state index contributed by atoms with van der Waals surface area (Å²) in [5, 5.41) is 30.8. The molecule has 322 valence electrons. The Morgan fingerprint density at radius 1 is 0.614 bits per heavy atom. The second-order valence-electron chi connectivity index (χ2n) is 13.6. The van der Waals surface area contributed by atoms with Crippen molar-refractivity contribution in [2.75, 3.05) is 19.0 Å². The molecule has 1 rings (SSSR count). The van der Waals surface area contributed by atoms with Crippen molar-refractivity contribution in [2.45, 2.75) is 147 Å². The molecular formula is C44H68O12S. The fourth-order valence-corrected chi connectivity index (χ4v) is 6.07. The number of carbonyl (C=O) groups excluding carboxylic acids is 2. The van der Waals surface area contributed by atoms with Crippen molar-refractivity contribution >= 4 is 22.1 Å². The molecular weight excluding hydrogens is 753 g/mol. The van der Waals surface area contributed by atoms with Crippen molar-refractivity contribution in [3.63, 3.8) is 0 Å². The molecule has 13 heteroatoms. The lowest BCUT2D eigenvalue weighted by Gasteiger charge is -2.40. The van der Waals surface area contributed by atoms with Crippen LogP contribution < -0.4 is 0 Å². The largest absolute Gasteiger partial charge is 0.462 e. The highest BCUT2D eigenvalue weighted by molar-refractivity contribution is 7.85. The van der Waals surface area contributed by atoms with E-state index in [1.54, 1.807) is 0 Å². The average Bonchev–Trinajstić information content (AvgIpc) is 3.17. The standard InChI is InChI=1S/C44H68O12S/c1-3-5-7-9-11-13-15-17-18-19-21-22-24-26-28-30-32-39(45)53-34-37(35-54-44-43(49)42(48)41(47)38(56-44)36-57(50,51)52)55-40(46)33-31-29-27-25-23-20-16-14-12-10-8-6-4-2/h5-8,10-14,16-18,20-23,37-38,41-44,47-49H,3-4,9,15,19,24-36H2,1-2H3,(H,50,51,52)/b7-5+,8-6+,12-10+,13-11+,16-14+,18-17+,22-21+,23-20+/t37?,38-,41-,42?,43?,44+/m1/s1. The molecule has 1 aliphatic heterocycles. The molecule has 0 aliphatic carbocycles. The van der Waals surface area contributed by atoms with Crippen molar-refractivity contribution in [1.29, 1.82) is 0 Å². The van der Waals surface area contributed by atoms with Crippen molar-refractivity contribution in [3.8, 4) is 0 Å². The lowest BCUT2D eigenvalue weighted by molar-refractivity contribution is -0.297. The molecule has 0 radical (unpaired) electrons. The van der Waals surface area contributed by atoms with Crippen molar-refractivity contribution in [1.82, 2.24) is 0 Å². The SMILES string of the molecule is CC/C=C/C=C/C=C/C=C/CCCCCC(=O)OC(COC(=O)CCCCC/C=C/C/C=C/C/C=C/C/C=C/CC)CO[C@H]1O[C@H](CS(=O)(=O)O)[C@@H](O)C(O)C1O. The lowest BCUT2D eigenvalue weighted by Crippen LogP contribution is -2.60. The molecule has 0 bridgehead atoms. The predicted molar refractivity (Wildman–Crippen MR) is 224 cm³/mol. The predicted octanol–water partition coefficient (Wildman–Crippen LogP) is 7.49. The number of ether oxygens (including phenoxy) is 4. The number of aliphatic hydroxyl groups is 3. The Kier molecular flexibility index (Phi) is 30.3. The Bertz CT molecular complexity index is 1430. The minimum atomic E-state index is -4.61. The van der Waals surface area contributed by atoms with Gasteiger partial charge in [0.15, 0.2) is 12.4 Å². The van der Waals surface area contributed by atoms with E-state index in [9.17, 15) is 37.9 Å². The van der Waals surface area contributed by atoms with Crippen molar-refractivity contribution < 1.29 is 56.8 Å². The zero-order chi connectivity index (χ0) is 42.0. The van der Waals surface area contributed by atoms with Crippen LogP contribution in [0.2, 0.25) is 0 Å². The van der Waals surface area contributed by atoms with E-state index in [-0.39, 0.29) is 19.4 Å². The van der Waals surface area contributed by atoms with Gasteiger partial charge in [-0.1, -0.05) is 124 Å². The van der Waals surface area contributed by atoms with Gasteiger partial charge in [0.2, 0.25) is 0 Å². The number of carbonyl (C=O) groups is 2. The second-order valence-corrected chi connectivity index (χ2v) is 15.1. The highest BCUT2D eigenvalue weighted by Gasteiger charge is 2.46. The van der Waals surface area contributed by atoms with Gasteiger partial charge in [-0.2, -0.15) is 8.42 Å². The van der Waals surface area contributed by atoms with Gasteiger partial charge in [0.05, 0.1) is 6.61 Å². The van der Waals surface area contributed by atoms with E-state index >= 15 is 0 Å². The van der Waals surface area contributed by atoms with Gasteiger partial charge in [-0.25, -0.2) is 0 Å². The molecule has 6 atom stereocenters. The third-order valence-electron chi connectivity index (χ3n) is 8.50. The van der Waals surface area contributed by atoms with Gasteiger partial charge in [0.25, 0.3) is 10.1 Å². The normalized spacial score (nSPS) is 21.5. The van der Waals surface area contributed by atoms with Crippen LogP contribution in [0.1, 0.15) is 110 Å². The first-order valence-electron chi connectivity index (χ1n) is 20.3. The zero-order valence-corrected chi connectivity index (χ0v) is 34.7. The molecule has 1 heterocycles. The first-order chi connectivity index (χ1) is 27.5. The quantitative estimate of drug-likeness (QED) is 0.0178. The van der Waals surface area contributed by atoms with Gasteiger partial charge in [-0.05, 0) is 70.6 Å². The number of esters is 2. The highest BCUT2D eigenvalue weighted by Crippen LogP contribution is 2.23. The van der Waals surface area contributed by atoms with Crippen molar-refractivity contribution in [2.24, 2.45) is 0 Å². The first kappa shape index (κ1) is 51.6. The molecule has 12 nitrogen and oxygen atoms in total. The maximum absolute atomic E-state index is 12.7. The van der Waals surface area contributed by atoms with Gasteiger partial charge >= 0.3 is 11.9 Å². The van der Waals surface area contributed by atoms with Gasteiger partial charge in [0.1, 0.15) is 36.8 Å². The maximum Gasteiger partial charge on any atom is 0.306 e. The number of allylic oxidation sites excluding steroid dienone is 16. The number of hydrogen-bond donors (Lipinski definition) is 4. The van der Waals surface area contributed by atoms with Gasteiger partial charge in [0, 0.05) is 12.8 Å². The fourth-order valence-electron chi connectivity index (χ4n) is 5.38. The molecule has 0 saturated carbocycles. The van der Waals surface area contributed by atoms with E-state index in [2.05, 4.69) is 74.6 Å². The summed E-state index contributed by atoms with van der Waals surface area (Å²) < 4.78 is 53.8. The molecule has 4 N–H and O–H groups in total. The molecule has 0 spiro atoms. The topological polar surface area (TPSA) is 186 Å². The smallest absolute Gasteiger partial charge is 0.306 e. The third kappa shape index (κ3) is 28.6. The zero-order valence-electron chi connectivity index (χ0n) is 33.9. The lowest BCUT2D eigenvalue weighted by atomic mass is 10.00. The van der Waals surface area contributed by atoms with Crippen molar-refractivity contribution in [3.05, 3.63) is 97.2 Å². The van der Waals surface area contributed by atoms with Gasteiger partial charge < -0.3 is 34.3 Å². The van der Waals surface area contributed by atoms with Crippen LogP contribution in [-0.4, -0.2) is 96.0 Å². The molecule has 1 aliphatic rings. The Hall–Kier alpha value is -3.43. The molecule has 0 amide bonds. The Balaban J connectivity index is 2.56. The summed E-state index contributed by atoms with van der Waals surface area (Å²) in [4.78, 5) is 25.3. The summed E-state index contributed by atoms with van der Waals surface area (Å²) in [6.45, 7) is 3.40. The van der Waals surface area contributed by atoms with E-state index in [1.807, 2.05) is 36.5 Å². The Morgan fingerprint density at radius 2 is 1.14 bits per heavy atom. The Labute approximate surface area is 341 Å². The molecule has 0 aromatic heterocycles. The van der Waals surface area contributed by atoms with Gasteiger partial charge in [-0.15, -0.1) is 0 Å². The summed E-state index contributed by atoms with van der Waals surface area (Å²) in [5.74, 6) is -2.10. The molecule has 0 aromatic rings. The minimum absolute atomic E-state index is 0.104. The van der Waals surface area contributed by atoms with E-state index in [4.69, 9.17) is 18.9 Å².